The predicted molar refractivity (Wildman–Crippen MR) is 105 cm³/mol. The topological polar surface area (TPSA) is 63.8 Å². The largest absolute Gasteiger partial charge is 0.482 e. The molecule has 0 spiro atoms. The van der Waals surface area contributed by atoms with Gasteiger partial charge >= 0.3 is 0 Å². The lowest BCUT2D eigenvalue weighted by molar-refractivity contribution is -0.123. The summed E-state index contributed by atoms with van der Waals surface area (Å²) in [6.45, 7) is -0.191. The van der Waals surface area contributed by atoms with Gasteiger partial charge in [0.1, 0.15) is 17.3 Å². The molecule has 0 unspecified atom stereocenters. The van der Waals surface area contributed by atoms with E-state index in [2.05, 4.69) is 26.5 Å². The van der Waals surface area contributed by atoms with Crippen LogP contribution >= 0.6 is 27.5 Å². The van der Waals surface area contributed by atoms with Crippen LogP contribution in [0.5, 0.6) is 5.75 Å². The number of ether oxygens (including phenoxy) is 1. The van der Waals surface area contributed by atoms with E-state index in [1.807, 2.05) is 30.3 Å². The number of halogens is 2. The van der Waals surface area contributed by atoms with E-state index in [4.69, 9.17) is 20.8 Å². The number of amides is 1. The van der Waals surface area contributed by atoms with Crippen LogP contribution in [0.4, 0.5) is 0 Å². The van der Waals surface area contributed by atoms with Crippen molar-refractivity contribution >= 4 is 39.7 Å². The van der Waals surface area contributed by atoms with Gasteiger partial charge in [-0.1, -0.05) is 51.8 Å². The smallest absolute Gasteiger partial charge is 0.277 e. The monoisotopic (exact) mass is 432 g/mol. The number of benzene rings is 2. The molecule has 0 aliphatic rings. The van der Waals surface area contributed by atoms with Gasteiger partial charge in [-0.25, -0.2) is 5.43 Å². The van der Waals surface area contributed by atoms with E-state index in [0.29, 0.717) is 22.3 Å². The quantitative estimate of drug-likeness (QED) is 0.444. The van der Waals surface area contributed by atoms with Crippen molar-refractivity contribution < 1.29 is 13.9 Å². The summed E-state index contributed by atoms with van der Waals surface area (Å²) in [5.74, 6) is 1.28. The summed E-state index contributed by atoms with van der Waals surface area (Å²) in [7, 11) is 0. The van der Waals surface area contributed by atoms with E-state index in [-0.39, 0.29) is 6.61 Å². The Hall–Kier alpha value is -2.57. The molecule has 0 saturated carbocycles. The highest BCUT2D eigenvalue weighted by atomic mass is 79.9. The molecule has 0 fully saturated rings. The van der Waals surface area contributed by atoms with Crippen molar-refractivity contribution in [1.29, 1.82) is 0 Å². The molecule has 132 valence electrons. The van der Waals surface area contributed by atoms with E-state index < -0.39 is 5.91 Å². The minimum absolute atomic E-state index is 0.191. The molecule has 1 aromatic heterocycles. The van der Waals surface area contributed by atoms with Crippen molar-refractivity contribution in [3.63, 3.8) is 0 Å². The molecule has 7 heteroatoms. The minimum atomic E-state index is -0.402. The molecule has 1 heterocycles. The van der Waals surface area contributed by atoms with Gasteiger partial charge in [0.25, 0.3) is 5.91 Å². The van der Waals surface area contributed by atoms with Gasteiger partial charge in [0.15, 0.2) is 6.61 Å². The normalized spacial score (nSPS) is 10.8. The SMILES string of the molecule is O=C(COc1ccccc1Cl)N/N=C\c1ccc(-c2ccc(Br)cc2)o1. The molecule has 0 atom stereocenters. The summed E-state index contributed by atoms with van der Waals surface area (Å²) in [6.07, 6.45) is 1.43. The van der Waals surface area contributed by atoms with Crippen molar-refractivity contribution in [3.8, 4) is 17.1 Å². The Morgan fingerprint density at radius 2 is 1.92 bits per heavy atom. The third-order valence-corrected chi connectivity index (χ3v) is 4.17. The maximum absolute atomic E-state index is 11.7. The van der Waals surface area contributed by atoms with Crippen molar-refractivity contribution in [2.24, 2.45) is 5.10 Å². The second-order valence-electron chi connectivity index (χ2n) is 5.22. The third kappa shape index (κ3) is 4.97. The Balaban J connectivity index is 1.51. The summed E-state index contributed by atoms with van der Waals surface area (Å²) in [4.78, 5) is 11.7. The predicted octanol–water partition coefficient (Wildman–Crippen LogP) is 4.89. The first-order chi connectivity index (χ1) is 12.6. The van der Waals surface area contributed by atoms with Gasteiger partial charge in [0.05, 0.1) is 11.2 Å². The van der Waals surface area contributed by atoms with Gasteiger partial charge < -0.3 is 9.15 Å². The summed E-state index contributed by atoms with van der Waals surface area (Å²) < 4.78 is 12.0. The number of hydrazone groups is 1. The fourth-order valence-corrected chi connectivity index (χ4v) is 2.55. The molecule has 0 saturated heterocycles. The molecule has 0 aliphatic heterocycles. The number of nitrogens with zero attached hydrogens (tertiary/aromatic N) is 1. The van der Waals surface area contributed by atoms with Crippen molar-refractivity contribution in [2.45, 2.75) is 0 Å². The molecule has 0 bridgehead atoms. The van der Waals surface area contributed by atoms with E-state index in [0.717, 1.165) is 10.0 Å². The highest BCUT2D eigenvalue weighted by molar-refractivity contribution is 9.10. The number of carbonyl (C=O) groups is 1. The molecule has 5 nitrogen and oxygen atoms in total. The maximum atomic E-state index is 11.7. The first-order valence-electron chi connectivity index (χ1n) is 7.67. The summed E-state index contributed by atoms with van der Waals surface area (Å²) in [5.41, 5.74) is 3.32. The molecule has 0 aliphatic carbocycles. The molecule has 3 rings (SSSR count). The van der Waals surface area contributed by atoms with Crippen LogP contribution in [0, 0.1) is 0 Å². The third-order valence-electron chi connectivity index (χ3n) is 3.33. The molecular formula is C19H14BrClN2O3. The van der Waals surface area contributed by atoms with Crippen molar-refractivity contribution in [1.82, 2.24) is 5.43 Å². The number of hydrogen-bond acceptors (Lipinski definition) is 4. The first-order valence-corrected chi connectivity index (χ1v) is 8.84. The molecule has 1 amide bonds. The summed E-state index contributed by atoms with van der Waals surface area (Å²) in [5, 5.41) is 4.30. The second-order valence-corrected chi connectivity index (χ2v) is 6.54. The van der Waals surface area contributed by atoms with E-state index in [9.17, 15) is 4.79 Å². The van der Waals surface area contributed by atoms with Gasteiger partial charge in [-0.2, -0.15) is 5.10 Å². The molecular weight excluding hydrogens is 420 g/mol. The summed E-state index contributed by atoms with van der Waals surface area (Å²) in [6, 6.07) is 18.3. The maximum Gasteiger partial charge on any atom is 0.277 e. The van der Waals surface area contributed by atoms with Crippen LogP contribution in [0.1, 0.15) is 5.76 Å². The fourth-order valence-electron chi connectivity index (χ4n) is 2.10. The number of hydrogen-bond donors (Lipinski definition) is 1. The molecule has 26 heavy (non-hydrogen) atoms. The lowest BCUT2D eigenvalue weighted by Crippen LogP contribution is -2.24. The molecule has 3 aromatic rings. The molecule has 1 N–H and O–H groups in total. The zero-order chi connectivity index (χ0) is 18.4. The van der Waals surface area contributed by atoms with Crippen LogP contribution in [0.3, 0.4) is 0 Å². The van der Waals surface area contributed by atoms with Crippen LogP contribution in [0.25, 0.3) is 11.3 Å². The number of rotatable bonds is 6. The Bertz CT molecular complexity index is 923. The lowest BCUT2D eigenvalue weighted by Gasteiger charge is -2.06. The molecule has 2 aromatic carbocycles. The summed E-state index contributed by atoms with van der Waals surface area (Å²) >= 11 is 9.35. The average molecular weight is 434 g/mol. The Kier molecular flexibility index (Phi) is 6.09. The zero-order valence-corrected chi connectivity index (χ0v) is 15.8. The highest BCUT2D eigenvalue weighted by Gasteiger charge is 2.05. The second kappa shape index (κ2) is 8.69. The fraction of sp³-hybridized carbons (Fsp3) is 0.0526. The Labute approximate surface area is 163 Å². The van der Waals surface area contributed by atoms with Gasteiger partial charge in [-0.05, 0) is 36.4 Å². The van der Waals surface area contributed by atoms with Crippen LogP contribution < -0.4 is 10.2 Å². The Morgan fingerprint density at radius 3 is 2.69 bits per heavy atom. The van der Waals surface area contributed by atoms with Crippen LogP contribution in [-0.2, 0) is 4.79 Å². The van der Waals surface area contributed by atoms with E-state index in [1.54, 1.807) is 30.3 Å². The van der Waals surface area contributed by atoms with Crippen LogP contribution in [0.15, 0.2) is 74.7 Å². The Morgan fingerprint density at radius 1 is 1.15 bits per heavy atom. The standard InChI is InChI=1S/C19H14BrClN2O3/c20-14-7-5-13(6-8-14)17-10-9-15(26-17)11-22-23-19(24)12-25-18-4-2-1-3-16(18)21/h1-11H,12H2,(H,23,24)/b22-11-. The van der Waals surface area contributed by atoms with Gasteiger partial charge in [0.2, 0.25) is 0 Å². The lowest BCUT2D eigenvalue weighted by atomic mass is 10.2. The zero-order valence-electron chi connectivity index (χ0n) is 13.5. The number of nitrogens with one attached hydrogen (secondary N) is 1. The number of para-hydroxylation sites is 1. The van der Waals surface area contributed by atoms with E-state index in [1.165, 1.54) is 6.21 Å². The number of furan rings is 1. The average Bonchev–Trinajstić information content (AvgIpc) is 3.10. The first kappa shape index (κ1) is 18.2. The van der Waals surface area contributed by atoms with Crippen LogP contribution in [0.2, 0.25) is 5.02 Å². The van der Waals surface area contributed by atoms with E-state index >= 15 is 0 Å². The van der Waals surface area contributed by atoms with Gasteiger partial charge in [-0.3, -0.25) is 4.79 Å². The van der Waals surface area contributed by atoms with Crippen molar-refractivity contribution in [3.05, 3.63) is 75.9 Å². The van der Waals surface area contributed by atoms with Gasteiger partial charge in [0, 0.05) is 10.0 Å². The number of carbonyl (C=O) groups excluding carboxylic acids is 1. The van der Waals surface area contributed by atoms with Crippen molar-refractivity contribution in [2.75, 3.05) is 6.61 Å². The minimum Gasteiger partial charge on any atom is -0.482 e. The van der Waals surface area contributed by atoms with Gasteiger partial charge in [-0.15, -0.1) is 0 Å². The molecule has 0 radical (unpaired) electrons. The highest BCUT2D eigenvalue weighted by Crippen LogP contribution is 2.24. The van der Waals surface area contributed by atoms with Crippen LogP contribution in [-0.4, -0.2) is 18.7 Å².